The lowest BCUT2D eigenvalue weighted by Gasteiger charge is -2.36. The molecule has 0 amide bonds. The van der Waals surface area contributed by atoms with Crippen LogP contribution in [0.25, 0.3) is 0 Å². The Morgan fingerprint density at radius 3 is 2.78 bits per heavy atom. The molecule has 1 N–H and O–H groups in total. The first-order valence-electron chi connectivity index (χ1n) is 9.81. The number of aryl methyl sites for hydroxylation is 1. The van der Waals surface area contributed by atoms with E-state index < -0.39 is 0 Å². The predicted molar refractivity (Wildman–Crippen MR) is 102 cm³/mol. The summed E-state index contributed by atoms with van der Waals surface area (Å²) in [5, 5.41) is 14.8. The Bertz CT molecular complexity index is 714. The van der Waals surface area contributed by atoms with Gasteiger partial charge in [0.2, 0.25) is 0 Å². The van der Waals surface area contributed by atoms with Crippen LogP contribution in [0.4, 0.5) is 0 Å². The molecule has 4 rings (SSSR count). The number of hydrogen-bond acceptors (Lipinski definition) is 6. The predicted octanol–water partition coefficient (Wildman–Crippen LogP) is 1.04. The van der Waals surface area contributed by atoms with Crippen molar-refractivity contribution >= 4 is 0 Å². The van der Waals surface area contributed by atoms with Gasteiger partial charge in [-0.15, -0.1) is 0 Å². The van der Waals surface area contributed by atoms with Crippen molar-refractivity contribution in [2.75, 3.05) is 26.2 Å². The van der Waals surface area contributed by atoms with Crippen molar-refractivity contribution in [1.29, 1.82) is 0 Å². The van der Waals surface area contributed by atoms with Gasteiger partial charge in [-0.2, -0.15) is 5.10 Å². The molecule has 146 valence electrons. The van der Waals surface area contributed by atoms with Crippen molar-refractivity contribution in [2.45, 2.75) is 44.2 Å². The molecule has 27 heavy (non-hydrogen) atoms. The second-order valence-corrected chi connectivity index (χ2v) is 7.72. The minimum absolute atomic E-state index is 0.221. The molecule has 2 aromatic rings. The van der Waals surface area contributed by atoms with Crippen molar-refractivity contribution in [3.05, 3.63) is 48.0 Å². The van der Waals surface area contributed by atoms with Crippen LogP contribution in [-0.2, 0) is 24.9 Å². The van der Waals surface area contributed by atoms with Crippen LogP contribution in [0.1, 0.15) is 24.1 Å². The smallest absolute Gasteiger partial charge is 0.0891 e. The number of nitrogens with zero attached hydrogens (tertiary/aromatic N) is 5. The third-order valence-electron chi connectivity index (χ3n) is 5.64. The highest BCUT2D eigenvalue weighted by Crippen LogP contribution is 2.23. The Morgan fingerprint density at radius 1 is 1.22 bits per heavy atom. The summed E-state index contributed by atoms with van der Waals surface area (Å²) in [7, 11) is 1.94. The van der Waals surface area contributed by atoms with Gasteiger partial charge in [-0.1, -0.05) is 6.07 Å². The van der Waals surface area contributed by atoms with Crippen molar-refractivity contribution in [1.82, 2.24) is 24.6 Å². The van der Waals surface area contributed by atoms with E-state index in [1.165, 1.54) is 5.56 Å². The maximum atomic E-state index is 10.6. The first kappa shape index (κ1) is 18.6. The van der Waals surface area contributed by atoms with Gasteiger partial charge < -0.3 is 9.84 Å². The van der Waals surface area contributed by atoms with E-state index in [1.807, 2.05) is 42.3 Å². The van der Waals surface area contributed by atoms with Gasteiger partial charge in [0, 0.05) is 63.8 Å². The lowest BCUT2D eigenvalue weighted by molar-refractivity contribution is -0.0222. The Labute approximate surface area is 160 Å². The van der Waals surface area contributed by atoms with Crippen LogP contribution in [0.3, 0.4) is 0 Å². The second kappa shape index (κ2) is 8.48. The molecule has 0 radical (unpaired) electrons. The van der Waals surface area contributed by atoms with Gasteiger partial charge >= 0.3 is 0 Å². The van der Waals surface area contributed by atoms with Gasteiger partial charge in [-0.25, -0.2) is 0 Å². The molecule has 2 saturated heterocycles. The highest BCUT2D eigenvalue weighted by atomic mass is 16.5. The molecule has 0 aromatic carbocycles. The minimum Gasteiger partial charge on any atom is -0.390 e. The summed E-state index contributed by atoms with van der Waals surface area (Å²) < 4.78 is 7.87. The van der Waals surface area contributed by atoms with Crippen LogP contribution in [0.5, 0.6) is 0 Å². The molecule has 2 fully saturated rings. The van der Waals surface area contributed by atoms with Gasteiger partial charge in [0.1, 0.15) is 0 Å². The molecule has 4 heterocycles. The normalized spacial score (nSPS) is 25.3. The van der Waals surface area contributed by atoms with E-state index in [4.69, 9.17) is 4.74 Å². The highest BCUT2D eigenvalue weighted by Gasteiger charge is 2.37. The van der Waals surface area contributed by atoms with E-state index in [-0.39, 0.29) is 18.2 Å². The summed E-state index contributed by atoms with van der Waals surface area (Å²) in [4.78, 5) is 9.08. The Hall–Kier alpha value is -1.80. The topological polar surface area (TPSA) is 66.7 Å². The number of ether oxygens (including phenoxy) is 1. The van der Waals surface area contributed by atoms with Crippen LogP contribution >= 0.6 is 0 Å². The van der Waals surface area contributed by atoms with Crippen molar-refractivity contribution in [3.63, 3.8) is 0 Å². The van der Waals surface area contributed by atoms with Crippen LogP contribution in [0, 0.1) is 0 Å². The zero-order valence-corrected chi connectivity index (χ0v) is 15.9. The monoisotopic (exact) mass is 371 g/mol. The maximum absolute atomic E-state index is 10.6. The maximum Gasteiger partial charge on any atom is 0.0891 e. The molecular weight excluding hydrogens is 342 g/mol. The number of hydrogen-bond donors (Lipinski definition) is 1. The number of β-amino-alcohol motifs (C(OH)–C–C–N with tert-alkyl or cyclic N) is 1. The summed E-state index contributed by atoms with van der Waals surface area (Å²) >= 11 is 0. The van der Waals surface area contributed by atoms with Crippen LogP contribution in [0.2, 0.25) is 0 Å². The molecule has 2 atom stereocenters. The molecule has 2 aliphatic heterocycles. The zero-order chi connectivity index (χ0) is 18.6. The molecular formula is C20H29N5O2. The molecule has 0 unspecified atom stereocenters. The molecule has 2 aromatic heterocycles. The molecule has 0 bridgehead atoms. The van der Waals surface area contributed by atoms with E-state index in [9.17, 15) is 5.11 Å². The van der Waals surface area contributed by atoms with Gasteiger partial charge in [-0.3, -0.25) is 19.5 Å². The molecule has 7 nitrogen and oxygen atoms in total. The van der Waals surface area contributed by atoms with E-state index in [1.54, 1.807) is 6.20 Å². The van der Waals surface area contributed by atoms with E-state index >= 15 is 0 Å². The number of likely N-dealkylation sites (tertiary alicyclic amines) is 2. The van der Waals surface area contributed by atoms with Crippen molar-refractivity contribution in [3.8, 4) is 0 Å². The van der Waals surface area contributed by atoms with Crippen LogP contribution in [0.15, 0.2) is 36.8 Å². The number of aliphatic hydroxyl groups excluding tert-OH is 1. The number of aromatic nitrogens is 3. The van der Waals surface area contributed by atoms with Gasteiger partial charge in [0.25, 0.3) is 0 Å². The largest absolute Gasteiger partial charge is 0.390 e. The molecule has 2 aliphatic rings. The summed E-state index contributed by atoms with van der Waals surface area (Å²) in [5.74, 6) is 0. The van der Waals surface area contributed by atoms with E-state index in [0.717, 1.165) is 51.3 Å². The third-order valence-corrected chi connectivity index (χ3v) is 5.64. The van der Waals surface area contributed by atoms with Crippen LogP contribution in [-0.4, -0.2) is 74.1 Å². The lowest BCUT2D eigenvalue weighted by Crippen LogP contribution is -2.48. The Balaban J connectivity index is 1.23. The van der Waals surface area contributed by atoms with E-state index in [0.29, 0.717) is 6.61 Å². The summed E-state index contributed by atoms with van der Waals surface area (Å²) in [5.41, 5.74) is 2.18. The minimum atomic E-state index is -0.285. The first-order chi connectivity index (χ1) is 13.2. The van der Waals surface area contributed by atoms with Crippen LogP contribution < -0.4 is 0 Å². The Kier molecular flexibility index (Phi) is 5.83. The molecule has 0 saturated carbocycles. The Morgan fingerprint density at radius 2 is 2.07 bits per heavy atom. The lowest BCUT2D eigenvalue weighted by atomic mass is 10.0. The summed E-state index contributed by atoms with van der Waals surface area (Å²) in [6, 6.07) is 6.14. The highest BCUT2D eigenvalue weighted by molar-refractivity contribution is 5.05. The van der Waals surface area contributed by atoms with Crippen molar-refractivity contribution in [2.24, 2.45) is 7.05 Å². The van der Waals surface area contributed by atoms with Gasteiger partial charge in [0.15, 0.2) is 0 Å². The average molecular weight is 371 g/mol. The number of aliphatic hydroxyl groups is 1. The zero-order valence-electron chi connectivity index (χ0n) is 15.9. The fraction of sp³-hybridized carbons (Fsp3) is 0.600. The van der Waals surface area contributed by atoms with Gasteiger partial charge in [0.05, 0.1) is 30.7 Å². The summed E-state index contributed by atoms with van der Waals surface area (Å²) in [6.07, 6.45) is 7.78. The third kappa shape index (κ3) is 4.73. The van der Waals surface area contributed by atoms with Crippen molar-refractivity contribution < 1.29 is 9.84 Å². The number of rotatable bonds is 6. The number of piperidine rings is 1. The quantitative estimate of drug-likeness (QED) is 0.819. The first-order valence-corrected chi connectivity index (χ1v) is 9.81. The fourth-order valence-electron chi connectivity index (χ4n) is 4.21. The van der Waals surface area contributed by atoms with Gasteiger partial charge in [-0.05, 0) is 25.0 Å². The average Bonchev–Trinajstić information content (AvgIpc) is 3.26. The molecule has 0 spiro atoms. The summed E-state index contributed by atoms with van der Waals surface area (Å²) in [6.45, 7) is 5.04. The fourth-order valence-corrected chi connectivity index (χ4v) is 4.21. The molecule has 0 aliphatic carbocycles. The second-order valence-electron chi connectivity index (χ2n) is 7.72. The standard InChI is InChI=1S/C20H29N5O2/c1-23-11-16(10-22-23)12-24-13-19(20(26)14-24)25-8-5-18(6-9-25)27-15-17-4-2-3-7-21-17/h2-4,7,10-11,18-20,26H,5-6,8-9,12-15H2,1H3/t19-,20-/m1/s1. The molecule has 7 heteroatoms. The SMILES string of the molecule is Cn1cc(CN2C[C@@H](O)[C@H](N3CCC(OCc4ccccn4)CC3)C2)cn1. The number of pyridine rings is 1. The van der Waals surface area contributed by atoms with E-state index in [2.05, 4.69) is 19.9 Å².